The van der Waals surface area contributed by atoms with Gasteiger partial charge in [-0.25, -0.2) is 4.68 Å². The smallest absolute Gasteiger partial charge is 0.276 e. The second kappa shape index (κ2) is 8.28. The standard InChI is InChI=1S/C15H17ClN6O2.ClH/c16-11-3-1-2-10(6-11)13-7-18-4-5-22(13)15(24)12-8-21(20-19-12)9-14(17)23;/h1-3,6,8,13,18H,4-5,7,9H2,(H2,17,23);1H. The minimum Gasteiger partial charge on any atom is -0.368 e. The van der Waals surface area contributed by atoms with Crippen molar-refractivity contribution in [2.45, 2.75) is 12.6 Å². The average molecular weight is 385 g/mol. The molecule has 3 N–H and O–H groups in total. The van der Waals surface area contributed by atoms with E-state index >= 15 is 0 Å². The van der Waals surface area contributed by atoms with Crippen molar-refractivity contribution < 1.29 is 9.59 Å². The van der Waals surface area contributed by atoms with Crippen molar-refractivity contribution >= 4 is 35.8 Å². The highest BCUT2D eigenvalue weighted by Crippen LogP contribution is 2.25. The molecule has 2 aromatic rings. The quantitative estimate of drug-likeness (QED) is 0.803. The molecule has 0 radical (unpaired) electrons. The van der Waals surface area contributed by atoms with E-state index in [1.807, 2.05) is 18.2 Å². The van der Waals surface area contributed by atoms with Gasteiger partial charge in [-0.3, -0.25) is 9.59 Å². The van der Waals surface area contributed by atoms with Crippen molar-refractivity contribution in [2.75, 3.05) is 19.6 Å². The molecule has 10 heteroatoms. The van der Waals surface area contributed by atoms with Crippen LogP contribution < -0.4 is 11.1 Å². The number of hydrogen-bond donors (Lipinski definition) is 2. The van der Waals surface area contributed by atoms with E-state index in [-0.39, 0.29) is 36.6 Å². The summed E-state index contributed by atoms with van der Waals surface area (Å²) >= 11 is 6.07. The molecular formula is C15H18Cl2N6O2. The number of primary amides is 1. The van der Waals surface area contributed by atoms with E-state index < -0.39 is 5.91 Å². The number of hydrogen-bond acceptors (Lipinski definition) is 5. The topological polar surface area (TPSA) is 106 Å². The molecule has 3 rings (SSSR count). The zero-order valence-electron chi connectivity index (χ0n) is 13.3. The molecule has 1 aliphatic heterocycles. The van der Waals surface area contributed by atoms with Gasteiger partial charge in [0.25, 0.3) is 5.91 Å². The molecule has 0 spiro atoms. The van der Waals surface area contributed by atoms with Crippen LogP contribution in [-0.2, 0) is 11.3 Å². The zero-order chi connectivity index (χ0) is 17.1. The summed E-state index contributed by atoms with van der Waals surface area (Å²) in [5, 5.41) is 11.5. The van der Waals surface area contributed by atoms with Crippen molar-refractivity contribution in [2.24, 2.45) is 5.73 Å². The second-order valence-corrected chi connectivity index (χ2v) is 5.98. The monoisotopic (exact) mass is 384 g/mol. The number of benzene rings is 1. The van der Waals surface area contributed by atoms with Crippen molar-refractivity contribution in [1.29, 1.82) is 0 Å². The van der Waals surface area contributed by atoms with Crippen LogP contribution in [0.2, 0.25) is 5.02 Å². The number of halogens is 2. The van der Waals surface area contributed by atoms with Crippen LogP contribution in [0.3, 0.4) is 0 Å². The van der Waals surface area contributed by atoms with Crippen LogP contribution in [0.4, 0.5) is 0 Å². The van der Waals surface area contributed by atoms with E-state index in [1.54, 1.807) is 11.0 Å². The van der Waals surface area contributed by atoms with Crippen LogP contribution in [0.15, 0.2) is 30.5 Å². The van der Waals surface area contributed by atoms with Gasteiger partial charge in [0.1, 0.15) is 6.54 Å². The van der Waals surface area contributed by atoms with Crippen LogP contribution in [-0.4, -0.2) is 51.3 Å². The third-order valence-corrected chi connectivity index (χ3v) is 4.05. The molecule has 1 saturated heterocycles. The van der Waals surface area contributed by atoms with Gasteiger partial charge in [-0.2, -0.15) is 0 Å². The van der Waals surface area contributed by atoms with Crippen LogP contribution in [0.5, 0.6) is 0 Å². The molecule has 1 unspecified atom stereocenters. The molecule has 25 heavy (non-hydrogen) atoms. The van der Waals surface area contributed by atoms with E-state index in [0.717, 1.165) is 5.56 Å². The maximum Gasteiger partial charge on any atom is 0.276 e. The van der Waals surface area contributed by atoms with Gasteiger partial charge in [0.2, 0.25) is 5.91 Å². The molecule has 1 atom stereocenters. The lowest BCUT2D eigenvalue weighted by atomic mass is 10.0. The molecule has 1 aromatic heterocycles. The molecule has 1 aromatic carbocycles. The molecule has 8 nitrogen and oxygen atoms in total. The lowest BCUT2D eigenvalue weighted by molar-refractivity contribution is -0.118. The summed E-state index contributed by atoms with van der Waals surface area (Å²) in [5.74, 6) is -0.782. The Balaban J connectivity index is 0.00000225. The van der Waals surface area contributed by atoms with Crippen LogP contribution in [0.1, 0.15) is 22.1 Å². The Morgan fingerprint density at radius 3 is 2.92 bits per heavy atom. The van der Waals surface area contributed by atoms with Gasteiger partial charge in [0, 0.05) is 24.7 Å². The Labute approximate surface area is 155 Å². The Hall–Kier alpha value is -2.16. The first kappa shape index (κ1) is 19.2. The van der Waals surface area contributed by atoms with Crippen molar-refractivity contribution in [3.63, 3.8) is 0 Å². The number of amides is 2. The minimum atomic E-state index is -0.544. The predicted octanol–water partition coefficient (Wildman–Crippen LogP) is 0.625. The molecule has 0 aliphatic carbocycles. The zero-order valence-corrected chi connectivity index (χ0v) is 14.8. The fraction of sp³-hybridized carbons (Fsp3) is 0.333. The third kappa shape index (κ3) is 4.47. The maximum absolute atomic E-state index is 12.8. The Kier molecular flexibility index (Phi) is 6.35. The van der Waals surface area contributed by atoms with Crippen LogP contribution >= 0.6 is 24.0 Å². The molecule has 0 bridgehead atoms. The Morgan fingerprint density at radius 1 is 1.40 bits per heavy atom. The van der Waals surface area contributed by atoms with E-state index in [4.69, 9.17) is 17.3 Å². The van der Waals surface area contributed by atoms with Gasteiger partial charge in [-0.1, -0.05) is 28.9 Å². The second-order valence-electron chi connectivity index (χ2n) is 5.54. The highest BCUT2D eigenvalue weighted by molar-refractivity contribution is 6.30. The molecule has 0 saturated carbocycles. The number of nitrogens with zero attached hydrogens (tertiary/aromatic N) is 4. The lowest BCUT2D eigenvalue weighted by Gasteiger charge is -2.36. The molecule has 2 heterocycles. The summed E-state index contributed by atoms with van der Waals surface area (Å²) in [6.45, 7) is 1.75. The third-order valence-electron chi connectivity index (χ3n) is 3.81. The van der Waals surface area contributed by atoms with Crippen molar-refractivity contribution in [3.8, 4) is 0 Å². The maximum atomic E-state index is 12.8. The average Bonchev–Trinajstić information content (AvgIpc) is 3.02. The summed E-state index contributed by atoms with van der Waals surface area (Å²) in [6.07, 6.45) is 1.43. The first-order valence-corrected chi connectivity index (χ1v) is 7.88. The Bertz CT molecular complexity index is 766. The summed E-state index contributed by atoms with van der Waals surface area (Å²) < 4.78 is 1.26. The molecule has 134 valence electrons. The van der Waals surface area contributed by atoms with E-state index in [9.17, 15) is 9.59 Å². The lowest BCUT2D eigenvalue weighted by Crippen LogP contribution is -2.48. The first-order valence-electron chi connectivity index (χ1n) is 7.50. The highest BCUT2D eigenvalue weighted by atomic mass is 35.5. The van der Waals surface area contributed by atoms with Gasteiger partial charge in [-0.15, -0.1) is 17.5 Å². The summed E-state index contributed by atoms with van der Waals surface area (Å²) in [4.78, 5) is 25.5. The number of aromatic nitrogens is 3. The van der Waals surface area contributed by atoms with Gasteiger partial charge in [0.05, 0.1) is 12.2 Å². The summed E-state index contributed by atoms with van der Waals surface area (Å²) in [6, 6.07) is 7.30. The van der Waals surface area contributed by atoms with Crippen LogP contribution in [0.25, 0.3) is 0 Å². The highest BCUT2D eigenvalue weighted by Gasteiger charge is 2.30. The molecule has 1 fully saturated rings. The number of carbonyl (C=O) groups is 2. The SMILES string of the molecule is Cl.NC(=O)Cn1cc(C(=O)N2CCNCC2c2cccc(Cl)c2)nn1. The first-order chi connectivity index (χ1) is 11.5. The normalized spacial score (nSPS) is 17.0. The summed E-state index contributed by atoms with van der Waals surface area (Å²) in [7, 11) is 0. The van der Waals surface area contributed by atoms with E-state index in [2.05, 4.69) is 15.6 Å². The van der Waals surface area contributed by atoms with Gasteiger partial charge >= 0.3 is 0 Å². The summed E-state index contributed by atoms with van der Waals surface area (Å²) in [5.41, 5.74) is 6.26. The predicted molar refractivity (Wildman–Crippen MR) is 94.6 cm³/mol. The van der Waals surface area contributed by atoms with Crippen LogP contribution in [0, 0.1) is 0 Å². The van der Waals surface area contributed by atoms with E-state index in [1.165, 1.54) is 10.9 Å². The fourth-order valence-corrected chi connectivity index (χ4v) is 2.94. The number of piperazine rings is 1. The van der Waals surface area contributed by atoms with E-state index in [0.29, 0.717) is 24.7 Å². The van der Waals surface area contributed by atoms with Gasteiger partial charge in [0.15, 0.2) is 5.69 Å². The minimum absolute atomic E-state index is 0. The Morgan fingerprint density at radius 2 is 2.20 bits per heavy atom. The number of carbonyl (C=O) groups excluding carboxylic acids is 2. The molecule has 1 aliphatic rings. The van der Waals surface area contributed by atoms with Crippen molar-refractivity contribution in [3.05, 3.63) is 46.7 Å². The van der Waals surface area contributed by atoms with Gasteiger partial charge < -0.3 is 16.0 Å². The molecule has 2 amide bonds. The molecular weight excluding hydrogens is 367 g/mol. The van der Waals surface area contributed by atoms with Crippen molar-refractivity contribution in [1.82, 2.24) is 25.2 Å². The fourth-order valence-electron chi connectivity index (χ4n) is 2.74. The number of nitrogens with one attached hydrogen (secondary N) is 1. The number of nitrogens with two attached hydrogens (primary N) is 1. The van der Waals surface area contributed by atoms with Gasteiger partial charge in [-0.05, 0) is 17.7 Å². The largest absolute Gasteiger partial charge is 0.368 e. The number of rotatable bonds is 4.